The van der Waals surface area contributed by atoms with Gasteiger partial charge in [-0.1, -0.05) is 48.5 Å². The van der Waals surface area contributed by atoms with Gasteiger partial charge in [-0.2, -0.15) is 5.10 Å². The highest BCUT2D eigenvalue weighted by molar-refractivity contribution is 7.11. The summed E-state index contributed by atoms with van der Waals surface area (Å²) in [6.07, 6.45) is 1.86. The molecule has 0 saturated carbocycles. The molecule has 0 bridgehead atoms. The third kappa shape index (κ3) is 4.02. The summed E-state index contributed by atoms with van der Waals surface area (Å²) in [5.41, 5.74) is 4.96. The summed E-state index contributed by atoms with van der Waals surface area (Å²) in [5, 5.41) is 8.87. The van der Waals surface area contributed by atoms with Gasteiger partial charge in [0.15, 0.2) is 5.69 Å². The Morgan fingerprint density at radius 1 is 0.912 bits per heavy atom. The molecular weight excluding hydrogens is 462 g/mol. The molecule has 3 aromatic heterocycles. The van der Waals surface area contributed by atoms with E-state index in [-0.39, 0.29) is 5.56 Å². The van der Waals surface area contributed by atoms with Crippen LogP contribution in [-0.2, 0) is 7.05 Å². The molecule has 0 atom stereocenters. The molecule has 0 N–H and O–H groups in total. The average molecular weight is 486 g/mol. The molecule has 2 aromatic carbocycles. The molecule has 34 heavy (non-hydrogen) atoms. The van der Waals surface area contributed by atoms with Crippen molar-refractivity contribution in [2.24, 2.45) is 17.1 Å². The zero-order chi connectivity index (χ0) is 23.7. The smallest absolute Gasteiger partial charge is 0.283 e. The van der Waals surface area contributed by atoms with Crippen LogP contribution in [-0.4, -0.2) is 20.3 Å². The third-order valence-corrected chi connectivity index (χ3v) is 7.45. The summed E-state index contributed by atoms with van der Waals surface area (Å²) < 4.78 is 5.30. The van der Waals surface area contributed by atoms with Crippen molar-refractivity contribution >= 4 is 34.6 Å². The predicted octanol–water partition coefficient (Wildman–Crippen LogP) is 5.50. The molecule has 0 fully saturated rings. The van der Waals surface area contributed by atoms with Gasteiger partial charge in [-0.15, -0.1) is 22.7 Å². The standard InChI is InChI=1S/C26H23N5OS2/c1-18-14-15-33-23(18)16-27-30-22(20-10-6-4-7-11-20)17-34-26(30)28-24-19(2)29(3)31(25(24)32)21-12-8-5-9-13-21/h4-17H,1-3H3. The molecular formula is C26H23N5OS2. The number of rotatable bonds is 5. The predicted molar refractivity (Wildman–Crippen MR) is 141 cm³/mol. The van der Waals surface area contributed by atoms with Crippen molar-refractivity contribution in [1.29, 1.82) is 0 Å². The van der Waals surface area contributed by atoms with Gasteiger partial charge in [-0.25, -0.2) is 14.4 Å². The van der Waals surface area contributed by atoms with Crippen LogP contribution in [0.4, 0.5) is 5.69 Å². The molecule has 0 aliphatic carbocycles. The average Bonchev–Trinajstić information content (AvgIpc) is 3.52. The Hall–Kier alpha value is -3.75. The second kappa shape index (κ2) is 9.24. The minimum atomic E-state index is -0.162. The number of thiophene rings is 1. The molecule has 5 rings (SSSR count). The van der Waals surface area contributed by atoms with Crippen LogP contribution in [0, 0.1) is 13.8 Å². The van der Waals surface area contributed by atoms with Crippen molar-refractivity contribution in [1.82, 2.24) is 14.0 Å². The molecule has 8 heteroatoms. The maximum Gasteiger partial charge on any atom is 0.297 e. The monoisotopic (exact) mass is 485 g/mol. The number of nitrogens with zero attached hydrogens (tertiary/aromatic N) is 5. The van der Waals surface area contributed by atoms with Crippen molar-refractivity contribution in [3.63, 3.8) is 0 Å². The van der Waals surface area contributed by atoms with Gasteiger partial charge in [0.25, 0.3) is 5.56 Å². The Kier molecular flexibility index (Phi) is 6.00. The SMILES string of the molecule is Cc1ccsc1C=Nn1c(-c2ccccc2)csc1=Nc1c(C)n(C)n(-c2ccccc2)c1=O. The van der Waals surface area contributed by atoms with Gasteiger partial charge in [-0.05, 0) is 43.0 Å². The molecule has 0 saturated heterocycles. The van der Waals surface area contributed by atoms with Crippen molar-refractivity contribution in [2.45, 2.75) is 13.8 Å². The summed E-state index contributed by atoms with van der Waals surface area (Å²) in [5.74, 6) is 0. The summed E-state index contributed by atoms with van der Waals surface area (Å²) >= 11 is 3.11. The molecule has 0 unspecified atom stereocenters. The molecule has 0 aliphatic rings. The van der Waals surface area contributed by atoms with Crippen LogP contribution >= 0.6 is 22.7 Å². The molecule has 5 aromatic rings. The van der Waals surface area contributed by atoms with Gasteiger partial charge in [-0.3, -0.25) is 9.48 Å². The number of benzene rings is 2. The van der Waals surface area contributed by atoms with E-state index in [1.54, 1.807) is 16.0 Å². The lowest BCUT2D eigenvalue weighted by molar-refractivity contribution is 0.630. The van der Waals surface area contributed by atoms with Crippen molar-refractivity contribution in [3.05, 3.63) is 109 Å². The second-order valence-electron chi connectivity index (χ2n) is 7.82. The lowest BCUT2D eigenvalue weighted by atomic mass is 10.2. The van der Waals surface area contributed by atoms with Crippen molar-refractivity contribution < 1.29 is 0 Å². The third-order valence-electron chi connectivity index (χ3n) is 5.68. The van der Waals surface area contributed by atoms with Gasteiger partial charge in [0.2, 0.25) is 4.80 Å². The largest absolute Gasteiger partial charge is 0.297 e. The number of hydrogen-bond donors (Lipinski definition) is 0. The van der Waals surface area contributed by atoms with Gasteiger partial charge >= 0.3 is 0 Å². The van der Waals surface area contributed by atoms with Gasteiger partial charge in [0.05, 0.1) is 28.2 Å². The van der Waals surface area contributed by atoms with E-state index in [9.17, 15) is 4.79 Å². The lowest BCUT2D eigenvalue weighted by Gasteiger charge is -2.07. The fourth-order valence-corrected chi connectivity index (χ4v) is 5.32. The zero-order valence-corrected chi connectivity index (χ0v) is 20.7. The Morgan fingerprint density at radius 2 is 1.62 bits per heavy atom. The van der Waals surface area contributed by atoms with Crippen LogP contribution in [0.15, 0.2) is 92.4 Å². The maximum atomic E-state index is 13.4. The van der Waals surface area contributed by atoms with E-state index in [4.69, 9.17) is 10.1 Å². The van der Waals surface area contributed by atoms with Crippen LogP contribution in [0.3, 0.4) is 0 Å². The molecule has 0 amide bonds. The Bertz CT molecular complexity index is 1600. The maximum absolute atomic E-state index is 13.4. The summed E-state index contributed by atoms with van der Waals surface area (Å²) in [6.45, 7) is 3.98. The number of aryl methyl sites for hydroxylation is 1. The van der Waals surface area contributed by atoms with E-state index in [1.807, 2.05) is 95.6 Å². The highest BCUT2D eigenvalue weighted by Gasteiger charge is 2.16. The fourth-order valence-electron chi connectivity index (χ4n) is 3.70. The van der Waals surface area contributed by atoms with E-state index in [2.05, 4.69) is 18.4 Å². The molecule has 0 radical (unpaired) electrons. The molecule has 0 spiro atoms. The van der Waals surface area contributed by atoms with Crippen molar-refractivity contribution in [2.75, 3.05) is 0 Å². The molecule has 3 heterocycles. The Labute approximate surface area is 205 Å². The van der Waals surface area contributed by atoms with Crippen LogP contribution in [0.2, 0.25) is 0 Å². The van der Waals surface area contributed by atoms with E-state index in [0.29, 0.717) is 10.5 Å². The van der Waals surface area contributed by atoms with E-state index in [0.717, 1.165) is 27.5 Å². The first-order valence-corrected chi connectivity index (χ1v) is 12.5. The Morgan fingerprint density at radius 3 is 2.29 bits per heavy atom. The number of para-hydroxylation sites is 1. The summed E-state index contributed by atoms with van der Waals surface area (Å²) in [4.78, 5) is 20.0. The Balaban J connectivity index is 1.70. The fraction of sp³-hybridized carbons (Fsp3) is 0.115. The van der Waals surface area contributed by atoms with Crippen molar-refractivity contribution in [3.8, 4) is 16.9 Å². The normalized spacial score (nSPS) is 12.1. The van der Waals surface area contributed by atoms with Crippen LogP contribution in [0.5, 0.6) is 0 Å². The first-order chi connectivity index (χ1) is 16.5. The molecule has 0 aliphatic heterocycles. The van der Waals surface area contributed by atoms with E-state index < -0.39 is 0 Å². The first-order valence-electron chi connectivity index (χ1n) is 10.8. The quantitative estimate of drug-likeness (QED) is 0.303. The van der Waals surface area contributed by atoms with Crippen LogP contribution < -0.4 is 10.4 Å². The second-order valence-corrected chi connectivity index (χ2v) is 9.60. The summed E-state index contributed by atoms with van der Waals surface area (Å²) in [6, 6.07) is 21.8. The number of aromatic nitrogens is 3. The zero-order valence-electron chi connectivity index (χ0n) is 19.0. The number of thiazole rings is 1. The lowest BCUT2D eigenvalue weighted by Crippen LogP contribution is -2.19. The topological polar surface area (TPSA) is 56.6 Å². The van der Waals surface area contributed by atoms with Gasteiger partial charge in [0.1, 0.15) is 0 Å². The molecule has 6 nitrogen and oxygen atoms in total. The highest BCUT2D eigenvalue weighted by Crippen LogP contribution is 2.22. The molecule has 170 valence electrons. The van der Waals surface area contributed by atoms with Crippen LogP contribution in [0.25, 0.3) is 16.9 Å². The highest BCUT2D eigenvalue weighted by atomic mass is 32.1. The first kappa shape index (κ1) is 22.1. The number of hydrogen-bond acceptors (Lipinski definition) is 5. The van der Waals surface area contributed by atoms with Gasteiger partial charge in [0, 0.05) is 18.0 Å². The van der Waals surface area contributed by atoms with Gasteiger partial charge < -0.3 is 0 Å². The van der Waals surface area contributed by atoms with E-state index >= 15 is 0 Å². The summed E-state index contributed by atoms with van der Waals surface area (Å²) in [7, 11) is 1.87. The van der Waals surface area contributed by atoms with E-state index in [1.165, 1.54) is 16.9 Å². The minimum Gasteiger partial charge on any atom is -0.283 e. The minimum absolute atomic E-state index is 0.162. The van der Waals surface area contributed by atoms with Crippen LogP contribution in [0.1, 0.15) is 16.1 Å².